The first kappa shape index (κ1) is 15.0. The maximum atomic E-state index is 12.4. The van der Waals surface area contributed by atoms with Gasteiger partial charge in [-0.1, -0.05) is 22.0 Å². The van der Waals surface area contributed by atoms with E-state index in [4.69, 9.17) is 9.47 Å². The molecular formula is C16H20BrNO3. The lowest BCUT2D eigenvalue weighted by Gasteiger charge is -2.35. The van der Waals surface area contributed by atoms with E-state index in [0.29, 0.717) is 13.2 Å². The van der Waals surface area contributed by atoms with Crippen molar-refractivity contribution in [3.8, 4) is 0 Å². The highest BCUT2D eigenvalue weighted by Gasteiger charge is 2.40. The summed E-state index contributed by atoms with van der Waals surface area (Å²) in [7, 11) is 0. The molecule has 0 radical (unpaired) electrons. The van der Waals surface area contributed by atoms with Crippen LogP contribution in [0.25, 0.3) is 0 Å². The maximum Gasteiger partial charge on any atom is 0.251 e. The molecule has 1 spiro atoms. The molecule has 1 aromatic carbocycles. The molecule has 0 bridgehead atoms. The van der Waals surface area contributed by atoms with Gasteiger partial charge in [0.05, 0.1) is 13.2 Å². The van der Waals surface area contributed by atoms with Gasteiger partial charge in [-0.2, -0.15) is 0 Å². The van der Waals surface area contributed by atoms with E-state index in [1.807, 2.05) is 25.1 Å². The fraction of sp³-hybridized carbons (Fsp3) is 0.562. The number of rotatable bonds is 2. The lowest BCUT2D eigenvalue weighted by molar-refractivity contribution is -0.179. The Hall–Kier alpha value is -0.910. The molecule has 21 heavy (non-hydrogen) atoms. The second-order valence-corrected chi connectivity index (χ2v) is 6.62. The Labute approximate surface area is 133 Å². The molecule has 1 aliphatic carbocycles. The molecule has 3 rings (SSSR count). The average Bonchev–Trinajstić information content (AvgIpc) is 2.93. The zero-order valence-electron chi connectivity index (χ0n) is 12.2. The van der Waals surface area contributed by atoms with E-state index < -0.39 is 0 Å². The molecule has 0 aromatic heterocycles. The van der Waals surface area contributed by atoms with Crippen LogP contribution in [0, 0.1) is 6.92 Å². The Morgan fingerprint density at radius 3 is 2.62 bits per heavy atom. The minimum atomic E-state index is -0.368. The summed E-state index contributed by atoms with van der Waals surface area (Å²) in [5.41, 5.74) is 1.71. The summed E-state index contributed by atoms with van der Waals surface area (Å²) in [4.78, 5) is 12.4. The maximum absolute atomic E-state index is 12.4. The lowest BCUT2D eigenvalue weighted by Crippen LogP contribution is -2.44. The van der Waals surface area contributed by atoms with Gasteiger partial charge in [0.1, 0.15) is 0 Å². The average molecular weight is 354 g/mol. The third kappa shape index (κ3) is 3.15. The number of carbonyl (C=O) groups is 1. The minimum Gasteiger partial charge on any atom is -0.349 e. The molecule has 5 heteroatoms. The molecule has 0 unspecified atom stereocenters. The van der Waals surface area contributed by atoms with Crippen LogP contribution in [0.3, 0.4) is 0 Å². The van der Waals surface area contributed by atoms with E-state index in [9.17, 15) is 4.79 Å². The molecule has 1 saturated carbocycles. The fourth-order valence-corrected chi connectivity index (χ4v) is 3.47. The fourth-order valence-electron chi connectivity index (χ4n) is 3.10. The summed E-state index contributed by atoms with van der Waals surface area (Å²) >= 11 is 3.47. The van der Waals surface area contributed by atoms with E-state index in [1.54, 1.807) is 0 Å². The van der Waals surface area contributed by atoms with Gasteiger partial charge in [0, 0.05) is 28.9 Å². The summed E-state index contributed by atoms with van der Waals surface area (Å²) < 4.78 is 12.4. The van der Waals surface area contributed by atoms with Crippen LogP contribution in [0.2, 0.25) is 0 Å². The Bertz CT molecular complexity index is 530. The predicted octanol–water partition coefficient (Wildman–Crippen LogP) is 3.17. The number of benzene rings is 1. The first-order valence-corrected chi connectivity index (χ1v) is 8.23. The molecule has 0 atom stereocenters. The zero-order chi connectivity index (χ0) is 14.9. The Morgan fingerprint density at radius 2 is 1.95 bits per heavy atom. The molecule has 1 aliphatic heterocycles. The normalized spacial score (nSPS) is 21.6. The number of nitrogens with one attached hydrogen (secondary N) is 1. The number of ether oxygens (including phenoxy) is 2. The van der Waals surface area contributed by atoms with Crippen LogP contribution >= 0.6 is 15.9 Å². The molecule has 1 N–H and O–H groups in total. The largest absolute Gasteiger partial charge is 0.349 e. The van der Waals surface area contributed by atoms with Gasteiger partial charge >= 0.3 is 0 Å². The van der Waals surface area contributed by atoms with E-state index in [0.717, 1.165) is 41.3 Å². The highest BCUT2D eigenvalue weighted by molar-refractivity contribution is 9.10. The van der Waals surface area contributed by atoms with Crippen molar-refractivity contribution >= 4 is 21.8 Å². The van der Waals surface area contributed by atoms with Crippen molar-refractivity contribution in [2.75, 3.05) is 13.2 Å². The molecule has 4 nitrogen and oxygen atoms in total. The third-order valence-corrected chi connectivity index (χ3v) is 5.27. The van der Waals surface area contributed by atoms with E-state index in [-0.39, 0.29) is 17.7 Å². The second-order valence-electron chi connectivity index (χ2n) is 5.77. The van der Waals surface area contributed by atoms with Gasteiger partial charge in [-0.3, -0.25) is 4.79 Å². The van der Waals surface area contributed by atoms with Gasteiger partial charge < -0.3 is 14.8 Å². The van der Waals surface area contributed by atoms with Crippen LogP contribution in [0.15, 0.2) is 22.7 Å². The first-order valence-electron chi connectivity index (χ1n) is 7.44. The summed E-state index contributed by atoms with van der Waals surface area (Å²) in [6, 6.07) is 5.91. The van der Waals surface area contributed by atoms with Crippen molar-refractivity contribution in [3.63, 3.8) is 0 Å². The highest BCUT2D eigenvalue weighted by atomic mass is 79.9. The SMILES string of the molecule is Cc1c(Br)cccc1C(=O)NC1CCC2(CC1)OCCO2. The highest BCUT2D eigenvalue weighted by Crippen LogP contribution is 2.35. The molecule has 2 fully saturated rings. The molecule has 1 aromatic rings. The number of hydrogen-bond acceptors (Lipinski definition) is 3. The topological polar surface area (TPSA) is 47.6 Å². The zero-order valence-corrected chi connectivity index (χ0v) is 13.7. The van der Waals surface area contributed by atoms with Gasteiger partial charge in [-0.25, -0.2) is 0 Å². The lowest BCUT2D eigenvalue weighted by atomic mass is 9.90. The Morgan fingerprint density at radius 1 is 1.29 bits per heavy atom. The molecule has 2 aliphatic rings. The summed E-state index contributed by atoms with van der Waals surface area (Å²) in [5.74, 6) is -0.365. The van der Waals surface area contributed by atoms with Crippen LogP contribution in [-0.2, 0) is 9.47 Å². The number of amides is 1. The van der Waals surface area contributed by atoms with Crippen molar-refractivity contribution in [1.82, 2.24) is 5.32 Å². The van der Waals surface area contributed by atoms with Crippen molar-refractivity contribution in [3.05, 3.63) is 33.8 Å². The van der Waals surface area contributed by atoms with E-state index in [2.05, 4.69) is 21.2 Å². The minimum absolute atomic E-state index is 0.00279. The Kier molecular flexibility index (Phi) is 4.33. The van der Waals surface area contributed by atoms with Gasteiger partial charge in [-0.05, 0) is 37.5 Å². The number of carbonyl (C=O) groups excluding carboxylic acids is 1. The Balaban J connectivity index is 1.60. The second kappa shape index (κ2) is 6.07. The van der Waals surface area contributed by atoms with Crippen molar-refractivity contribution in [2.24, 2.45) is 0 Å². The number of hydrogen-bond donors (Lipinski definition) is 1. The summed E-state index contributed by atoms with van der Waals surface area (Å²) in [6.07, 6.45) is 3.52. The first-order chi connectivity index (χ1) is 10.1. The molecule has 1 heterocycles. The smallest absolute Gasteiger partial charge is 0.251 e. The van der Waals surface area contributed by atoms with Gasteiger partial charge in [0.15, 0.2) is 5.79 Å². The molecule has 1 amide bonds. The third-order valence-electron chi connectivity index (χ3n) is 4.41. The number of halogens is 1. The van der Waals surface area contributed by atoms with Crippen LogP contribution in [0.5, 0.6) is 0 Å². The van der Waals surface area contributed by atoms with Crippen molar-refractivity contribution < 1.29 is 14.3 Å². The predicted molar refractivity (Wildman–Crippen MR) is 83.2 cm³/mol. The summed E-state index contributed by atoms with van der Waals surface area (Å²) in [5, 5.41) is 3.14. The van der Waals surface area contributed by atoms with Crippen LogP contribution in [0.1, 0.15) is 41.6 Å². The molecular weight excluding hydrogens is 334 g/mol. The monoisotopic (exact) mass is 353 g/mol. The standard InChI is InChI=1S/C16H20BrNO3/c1-11-13(3-2-4-14(11)17)15(19)18-12-5-7-16(8-6-12)20-9-10-21-16/h2-4,12H,5-10H2,1H3,(H,18,19). The molecule has 114 valence electrons. The van der Waals surface area contributed by atoms with Crippen molar-refractivity contribution in [1.29, 1.82) is 0 Å². The van der Waals surface area contributed by atoms with Crippen LogP contribution < -0.4 is 5.32 Å². The van der Waals surface area contributed by atoms with Crippen molar-refractivity contribution in [2.45, 2.75) is 44.4 Å². The van der Waals surface area contributed by atoms with Crippen LogP contribution in [-0.4, -0.2) is 30.9 Å². The molecule has 1 saturated heterocycles. The summed E-state index contributed by atoms with van der Waals surface area (Å²) in [6.45, 7) is 3.33. The van der Waals surface area contributed by atoms with E-state index >= 15 is 0 Å². The van der Waals surface area contributed by atoms with E-state index in [1.165, 1.54) is 0 Å². The van der Waals surface area contributed by atoms with Gasteiger partial charge in [0.2, 0.25) is 0 Å². The van der Waals surface area contributed by atoms with Crippen LogP contribution in [0.4, 0.5) is 0 Å². The van der Waals surface area contributed by atoms with Gasteiger partial charge in [-0.15, -0.1) is 0 Å². The quantitative estimate of drug-likeness (QED) is 0.888. The van der Waals surface area contributed by atoms with Gasteiger partial charge in [0.25, 0.3) is 5.91 Å².